The molecule has 0 radical (unpaired) electrons. The molecule has 0 saturated heterocycles. The van der Waals surface area contributed by atoms with Gasteiger partial charge in [-0.1, -0.05) is 12.1 Å². The third-order valence-corrected chi connectivity index (χ3v) is 5.66. The first-order valence-corrected chi connectivity index (χ1v) is 12.1. The molecule has 0 aliphatic heterocycles. The van der Waals surface area contributed by atoms with Gasteiger partial charge in [0.1, 0.15) is 11.9 Å². The molecule has 4 amide bonds. The van der Waals surface area contributed by atoms with Crippen LogP contribution in [0, 0.1) is 5.82 Å². The second-order valence-electron chi connectivity index (χ2n) is 7.59. The first-order chi connectivity index (χ1) is 17.3. The van der Waals surface area contributed by atoms with E-state index >= 15 is 0 Å². The number of carbonyl (C=O) groups excluding carboxylic acids is 4. The van der Waals surface area contributed by atoms with Gasteiger partial charge in [0.25, 0.3) is 5.91 Å². The summed E-state index contributed by atoms with van der Waals surface area (Å²) in [4.78, 5) is 59.0. The molecule has 0 aliphatic carbocycles. The Balaban J connectivity index is 1.71. The highest BCUT2D eigenvalue weighted by molar-refractivity contribution is 7.89. The van der Waals surface area contributed by atoms with Crippen molar-refractivity contribution in [2.45, 2.75) is 17.4 Å². The molecule has 7 N–H and O–H groups in total. The Labute approximate surface area is 210 Å². The maximum Gasteiger partial charge on any atom is 0.326 e. The number of aliphatic carboxylic acids is 1. The van der Waals surface area contributed by atoms with E-state index < -0.39 is 71.1 Å². The maximum absolute atomic E-state index is 13.0. The molecule has 37 heavy (non-hydrogen) atoms. The summed E-state index contributed by atoms with van der Waals surface area (Å²) in [7, 11) is -3.92. The van der Waals surface area contributed by atoms with Crippen molar-refractivity contribution in [2.75, 3.05) is 19.6 Å². The molecule has 15 heteroatoms. The molecule has 0 aromatic heterocycles. The zero-order chi connectivity index (χ0) is 27.6. The fourth-order valence-corrected chi connectivity index (χ4v) is 3.36. The first kappa shape index (κ1) is 28.9. The monoisotopic (exact) mass is 537 g/mol. The molecule has 0 saturated carbocycles. The minimum absolute atomic E-state index is 0.0723. The minimum Gasteiger partial charge on any atom is -0.480 e. The molecular formula is C22H24FN5O8S. The van der Waals surface area contributed by atoms with Gasteiger partial charge < -0.3 is 26.4 Å². The van der Waals surface area contributed by atoms with Crippen molar-refractivity contribution >= 4 is 39.6 Å². The number of amides is 4. The van der Waals surface area contributed by atoms with Crippen LogP contribution in [0.1, 0.15) is 15.9 Å². The van der Waals surface area contributed by atoms with Crippen molar-refractivity contribution in [3.05, 3.63) is 65.5 Å². The number of sulfonamides is 1. The average molecular weight is 538 g/mol. The van der Waals surface area contributed by atoms with Crippen LogP contribution in [-0.2, 0) is 35.6 Å². The van der Waals surface area contributed by atoms with Crippen molar-refractivity contribution in [1.82, 2.24) is 21.3 Å². The third-order valence-electron chi connectivity index (χ3n) is 4.73. The molecule has 198 valence electrons. The predicted molar refractivity (Wildman–Crippen MR) is 126 cm³/mol. The molecule has 2 aromatic carbocycles. The zero-order valence-corrected chi connectivity index (χ0v) is 20.0. The van der Waals surface area contributed by atoms with E-state index in [1.807, 2.05) is 0 Å². The van der Waals surface area contributed by atoms with Gasteiger partial charge in [-0.15, -0.1) is 0 Å². The van der Waals surface area contributed by atoms with E-state index in [2.05, 4.69) is 21.3 Å². The highest BCUT2D eigenvalue weighted by Crippen LogP contribution is 2.08. The number of benzene rings is 2. The van der Waals surface area contributed by atoms with Gasteiger partial charge in [-0.3, -0.25) is 19.2 Å². The van der Waals surface area contributed by atoms with Gasteiger partial charge in [0.15, 0.2) is 0 Å². The Morgan fingerprint density at radius 2 is 1.32 bits per heavy atom. The van der Waals surface area contributed by atoms with E-state index in [4.69, 9.17) is 5.14 Å². The molecule has 0 spiro atoms. The van der Waals surface area contributed by atoms with Gasteiger partial charge >= 0.3 is 5.97 Å². The van der Waals surface area contributed by atoms with Gasteiger partial charge in [-0.2, -0.15) is 0 Å². The fourth-order valence-electron chi connectivity index (χ4n) is 2.84. The Kier molecular flexibility index (Phi) is 10.2. The predicted octanol–water partition coefficient (Wildman–Crippen LogP) is -1.75. The van der Waals surface area contributed by atoms with Crippen molar-refractivity contribution in [3.8, 4) is 0 Å². The van der Waals surface area contributed by atoms with Gasteiger partial charge in [0, 0.05) is 12.0 Å². The molecular weight excluding hydrogens is 513 g/mol. The lowest BCUT2D eigenvalue weighted by molar-refractivity contribution is -0.141. The smallest absolute Gasteiger partial charge is 0.326 e. The molecule has 0 aliphatic rings. The number of rotatable bonds is 12. The van der Waals surface area contributed by atoms with E-state index in [1.165, 1.54) is 24.3 Å². The number of primary sulfonamides is 1. The van der Waals surface area contributed by atoms with Crippen molar-refractivity contribution in [3.63, 3.8) is 0 Å². The largest absolute Gasteiger partial charge is 0.480 e. The SMILES string of the molecule is NS(=O)(=O)c1ccc(C(=O)NCC(=O)NCC(=O)NCC(=O)NC(Cc2ccc(F)cc2)C(=O)O)cc1. The summed E-state index contributed by atoms with van der Waals surface area (Å²) < 4.78 is 35.4. The van der Waals surface area contributed by atoms with Gasteiger partial charge in [-0.25, -0.2) is 22.7 Å². The molecule has 0 fully saturated rings. The van der Waals surface area contributed by atoms with E-state index in [-0.39, 0.29) is 16.9 Å². The highest BCUT2D eigenvalue weighted by atomic mass is 32.2. The maximum atomic E-state index is 13.0. The number of nitrogens with one attached hydrogen (secondary N) is 4. The first-order valence-electron chi connectivity index (χ1n) is 10.6. The summed E-state index contributed by atoms with van der Waals surface area (Å²) in [6, 6.07) is 8.45. The van der Waals surface area contributed by atoms with Crippen LogP contribution in [0.5, 0.6) is 0 Å². The summed E-state index contributed by atoms with van der Waals surface area (Å²) >= 11 is 0. The van der Waals surface area contributed by atoms with E-state index in [1.54, 1.807) is 0 Å². The van der Waals surface area contributed by atoms with Crippen LogP contribution >= 0.6 is 0 Å². The van der Waals surface area contributed by atoms with Gasteiger partial charge in [-0.05, 0) is 42.0 Å². The normalized spacial score (nSPS) is 11.6. The third kappa shape index (κ3) is 10.0. The highest BCUT2D eigenvalue weighted by Gasteiger charge is 2.21. The molecule has 2 aromatic rings. The number of carboxylic acid groups (broad SMARTS) is 1. The molecule has 13 nitrogen and oxygen atoms in total. The molecule has 2 rings (SSSR count). The van der Waals surface area contributed by atoms with Crippen LogP contribution in [0.4, 0.5) is 4.39 Å². The number of hydrogen-bond donors (Lipinski definition) is 6. The van der Waals surface area contributed by atoms with Gasteiger partial charge in [0.05, 0.1) is 24.5 Å². The summed E-state index contributed by atoms with van der Waals surface area (Å²) in [5.41, 5.74) is 0.552. The van der Waals surface area contributed by atoms with E-state index in [0.29, 0.717) is 5.56 Å². The zero-order valence-electron chi connectivity index (χ0n) is 19.2. The topological polar surface area (TPSA) is 214 Å². The molecule has 1 atom stereocenters. The summed E-state index contributed by atoms with van der Waals surface area (Å²) in [6.07, 6.45) is -0.104. The average Bonchev–Trinajstić information content (AvgIpc) is 2.85. The van der Waals surface area contributed by atoms with Crippen molar-refractivity contribution in [2.24, 2.45) is 5.14 Å². The number of halogens is 1. The molecule has 0 bridgehead atoms. The Bertz CT molecular complexity index is 1270. The summed E-state index contributed by atoms with van der Waals surface area (Å²) in [6.45, 7) is -1.58. The van der Waals surface area contributed by atoms with Crippen LogP contribution < -0.4 is 26.4 Å². The number of nitrogens with two attached hydrogens (primary N) is 1. The van der Waals surface area contributed by atoms with E-state index in [0.717, 1.165) is 24.3 Å². The Morgan fingerprint density at radius 1 is 0.811 bits per heavy atom. The van der Waals surface area contributed by atoms with Crippen LogP contribution in [0.25, 0.3) is 0 Å². The van der Waals surface area contributed by atoms with Crippen LogP contribution in [0.2, 0.25) is 0 Å². The fraction of sp³-hybridized carbons (Fsp3) is 0.227. The van der Waals surface area contributed by atoms with Crippen molar-refractivity contribution in [1.29, 1.82) is 0 Å². The standard InChI is InChI=1S/C22H24FN5O8S/c23-15-5-1-13(2-6-15)9-17(22(33)34)28-20(31)12-26-18(29)10-25-19(30)11-27-21(32)14-3-7-16(8-4-14)37(24,35)36/h1-8,17H,9-12H2,(H,25,30)(H,26,29)(H,27,32)(H,28,31)(H,33,34)(H2,24,35,36). The number of hydrogen-bond acceptors (Lipinski definition) is 7. The lowest BCUT2D eigenvalue weighted by atomic mass is 10.1. The Morgan fingerprint density at radius 3 is 1.84 bits per heavy atom. The van der Waals surface area contributed by atoms with Gasteiger partial charge in [0.2, 0.25) is 27.7 Å². The lowest BCUT2D eigenvalue weighted by Crippen LogP contribution is -2.48. The minimum atomic E-state index is -3.92. The van der Waals surface area contributed by atoms with Crippen LogP contribution in [-0.4, -0.2) is 68.8 Å². The summed E-state index contributed by atoms with van der Waals surface area (Å²) in [5.74, 6) is -4.76. The van der Waals surface area contributed by atoms with E-state index in [9.17, 15) is 41.9 Å². The van der Waals surface area contributed by atoms with Crippen LogP contribution in [0.15, 0.2) is 53.4 Å². The summed E-state index contributed by atoms with van der Waals surface area (Å²) in [5, 5.41) is 23.2. The van der Waals surface area contributed by atoms with Crippen molar-refractivity contribution < 1.29 is 41.9 Å². The van der Waals surface area contributed by atoms with Crippen LogP contribution in [0.3, 0.4) is 0 Å². The Hall–Kier alpha value is -4.37. The number of carboxylic acids is 1. The second-order valence-corrected chi connectivity index (χ2v) is 9.16. The lowest BCUT2D eigenvalue weighted by Gasteiger charge is -2.15. The number of carbonyl (C=O) groups is 5. The molecule has 1 unspecified atom stereocenters. The molecule has 0 heterocycles. The second kappa shape index (κ2) is 13.1. The quantitative estimate of drug-likeness (QED) is 0.182.